The van der Waals surface area contributed by atoms with Gasteiger partial charge >= 0.3 is 6.09 Å². The maximum atomic E-state index is 13.9. The van der Waals surface area contributed by atoms with Crippen molar-refractivity contribution in [2.45, 2.75) is 38.2 Å². The summed E-state index contributed by atoms with van der Waals surface area (Å²) in [5, 5.41) is 0. The summed E-state index contributed by atoms with van der Waals surface area (Å²) in [5.41, 5.74) is 1.11. The van der Waals surface area contributed by atoms with Gasteiger partial charge in [-0.1, -0.05) is 41.4 Å². The average molecular weight is 376 g/mol. The van der Waals surface area contributed by atoms with Crippen LogP contribution < -0.4 is 4.90 Å². The van der Waals surface area contributed by atoms with E-state index in [2.05, 4.69) is 0 Å². The van der Waals surface area contributed by atoms with Crippen LogP contribution >= 0.6 is 11.6 Å². The van der Waals surface area contributed by atoms with E-state index in [0.29, 0.717) is 5.56 Å². The van der Waals surface area contributed by atoms with Crippen LogP contribution in [0, 0.1) is 12.7 Å². The number of carbonyl (C=O) groups is 2. The molecule has 136 valence electrons. The zero-order valence-corrected chi connectivity index (χ0v) is 15.7. The van der Waals surface area contributed by atoms with Gasteiger partial charge in [0.05, 0.1) is 5.69 Å². The average Bonchev–Trinajstić information content (AvgIpc) is 2.75. The van der Waals surface area contributed by atoms with Gasteiger partial charge in [-0.3, -0.25) is 4.79 Å². The minimum Gasteiger partial charge on any atom is -0.443 e. The molecule has 0 saturated carbocycles. The van der Waals surface area contributed by atoms with Gasteiger partial charge in [-0.15, -0.1) is 0 Å². The normalized spacial score (nSPS) is 19.5. The minimum absolute atomic E-state index is 0.221. The second-order valence-corrected chi connectivity index (χ2v) is 7.87. The summed E-state index contributed by atoms with van der Waals surface area (Å²) in [6.45, 7) is 7.00. The molecule has 6 heteroatoms. The molecule has 3 rings (SSSR count). The van der Waals surface area contributed by atoms with E-state index >= 15 is 0 Å². The zero-order chi connectivity index (χ0) is 19.3. The Bertz CT molecular complexity index is 889. The third-order valence-electron chi connectivity index (χ3n) is 4.09. The van der Waals surface area contributed by atoms with E-state index in [4.69, 9.17) is 16.3 Å². The Kier molecular flexibility index (Phi) is 4.31. The molecule has 0 radical (unpaired) electrons. The van der Waals surface area contributed by atoms with Crippen molar-refractivity contribution >= 4 is 29.3 Å². The number of ether oxygens (including phenoxy) is 1. The van der Waals surface area contributed by atoms with Crippen LogP contribution in [0.3, 0.4) is 0 Å². The lowest BCUT2D eigenvalue weighted by atomic mass is 9.91. The molecule has 0 bridgehead atoms. The number of amides is 2. The lowest BCUT2D eigenvalue weighted by Gasteiger charge is -2.25. The van der Waals surface area contributed by atoms with Gasteiger partial charge in [0.2, 0.25) is 0 Å². The number of hydrogen-bond donors (Lipinski definition) is 0. The van der Waals surface area contributed by atoms with E-state index in [1.807, 2.05) is 19.1 Å². The van der Waals surface area contributed by atoms with Crippen LogP contribution in [0.2, 0.25) is 0 Å². The Balaban J connectivity index is 2.16. The number of halogens is 2. The summed E-state index contributed by atoms with van der Waals surface area (Å²) in [7, 11) is 0. The van der Waals surface area contributed by atoms with Crippen LogP contribution in [-0.2, 0) is 14.4 Å². The van der Waals surface area contributed by atoms with Crippen LogP contribution in [0.15, 0.2) is 42.5 Å². The molecule has 1 unspecified atom stereocenters. The molecule has 26 heavy (non-hydrogen) atoms. The Hall–Kier alpha value is -2.40. The van der Waals surface area contributed by atoms with Crippen molar-refractivity contribution in [1.82, 2.24) is 0 Å². The fourth-order valence-electron chi connectivity index (χ4n) is 2.91. The van der Waals surface area contributed by atoms with Gasteiger partial charge in [0, 0.05) is 5.56 Å². The van der Waals surface area contributed by atoms with Crippen LogP contribution in [-0.4, -0.2) is 17.6 Å². The number of fused-ring (bicyclic) bond motifs is 1. The first-order chi connectivity index (χ1) is 12.0. The molecule has 2 aromatic rings. The number of imide groups is 1. The second kappa shape index (κ2) is 6.09. The quantitative estimate of drug-likeness (QED) is 0.666. The lowest BCUT2D eigenvalue weighted by molar-refractivity contribution is -0.119. The molecule has 4 nitrogen and oxygen atoms in total. The third kappa shape index (κ3) is 2.97. The first-order valence-corrected chi connectivity index (χ1v) is 8.55. The van der Waals surface area contributed by atoms with Crippen LogP contribution in [0.25, 0.3) is 0 Å². The molecule has 0 saturated heterocycles. The number of nitrogens with zero attached hydrogens (tertiary/aromatic N) is 1. The standard InChI is InChI=1S/C20H19ClFNO3/c1-12-5-7-13(8-6-12)20(21)15-11-14(22)9-10-16(15)23(17(20)24)18(25)26-19(2,3)4/h5-11H,1-4H3. The number of aryl methyl sites for hydroxylation is 1. The van der Waals surface area contributed by atoms with Gasteiger partial charge < -0.3 is 4.74 Å². The van der Waals surface area contributed by atoms with Gasteiger partial charge in [0.1, 0.15) is 11.4 Å². The van der Waals surface area contributed by atoms with Crippen molar-refractivity contribution in [1.29, 1.82) is 0 Å². The fourth-order valence-corrected chi connectivity index (χ4v) is 3.27. The monoisotopic (exact) mass is 375 g/mol. The van der Waals surface area contributed by atoms with Crippen molar-refractivity contribution in [3.63, 3.8) is 0 Å². The van der Waals surface area contributed by atoms with Crippen LogP contribution in [0.1, 0.15) is 37.5 Å². The fraction of sp³-hybridized carbons (Fsp3) is 0.300. The number of rotatable bonds is 1. The van der Waals surface area contributed by atoms with E-state index in [1.165, 1.54) is 18.2 Å². The van der Waals surface area contributed by atoms with Gasteiger partial charge in [-0.05, 0) is 51.5 Å². The number of carbonyl (C=O) groups excluding carboxylic acids is 2. The first-order valence-electron chi connectivity index (χ1n) is 8.17. The molecule has 0 aliphatic carbocycles. The molecular weight excluding hydrogens is 357 g/mol. The van der Waals surface area contributed by atoms with E-state index in [9.17, 15) is 14.0 Å². The highest BCUT2D eigenvalue weighted by molar-refractivity contribution is 6.44. The smallest absolute Gasteiger partial charge is 0.421 e. The number of hydrogen-bond acceptors (Lipinski definition) is 3. The predicted molar refractivity (Wildman–Crippen MR) is 97.9 cm³/mol. The van der Waals surface area contributed by atoms with Crippen molar-refractivity contribution < 1.29 is 18.7 Å². The SMILES string of the molecule is Cc1ccc(C2(Cl)C(=O)N(C(=O)OC(C)(C)C)c3ccc(F)cc32)cc1. The minimum atomic E-state index is -1.69. The van der Waals surface area contributed by atoms with Gasteiger partial charge in [-0.25, -0.2) is 14.1 Å². The number of alkyl halides is 1. The summed E-state index contributed by atoms with van der Waals surface area (Å²) in [4.78, 5) is 25.0. The molecule has 2 aromatic carbocycles. The second-order valence-electron chi connectivity index (χ2n) is 7.31. The summed E-state index contributed by atoms with van der Waals surface area (Å²) >= 11 is 6.75. The molecule has 1 aliphatic rings. The van der Waals surface area contributed by atoms with Crippen LogP contribution in [0.5, 0.6) is 0 Å². The van der Waals surface area contributed by atoms with E-state index in [-0.39, 0.29) is 11.3 Å². The maximum Gasteiger partial charge on any atom is 0.421 e. The zero-order valence-electron chi connectivity index (χ0n) is 15.0. The highest BCUT2D eigenvalue weighted by Gasteiger charge is 2.54. The summed E-state index contributed by atoms with van der Waals surface area (Å²) in [6, 6.07) is 10.8. The van der Waals surface area contributed by atoms with E-state index in [1.54, 1.807) is 32.9 Å². The Morgan fingerprint density at radius 2 is 1.77 bits per heavy atom. The molecule has 1 heterocycles. The highest BCUT2D eigenvalue weighted by Crippen LogP contribution is 2.49. The van der Waals surface area contributed by atoms with Crippen LogP contribution in [0.4, 0.5) is 14.9 Å². The largest absolute Gasteiger partial charge is 0.443 e. The van der Waals surface area contributed by atoms with Crippen molar-refractivity contribution in [2.24, 2.45) is 0 Å². The predicted octanol–water partition coefficient (Wildman–Crippen LogP) is 4.90. The van der Waals surface area contributed by atoms with E-state index in [0.717, 1.165) is 10.5 Å². The Labute approximate surface area is 156 Å². The van der Waals surface area contributed by atoms with Crippen molar-refractivity contribution in [3.8, 4) is 0 Å². The summed E-state index contributed by atoms with van der Waals surface area (Å²) in [5.74, 6) is -1.22. The lowest BCUT2D eigenvalue weighted by Crippen LogP contribution is -2.43. The van der Waals surface area contributed by atoms with Crippen molar-refractivity contribution in [3.05, 3.63) is 65.0 Å². The molecule has 0 spiro atoms. The number of benzene rings is 2. The molecule has 0 N–H and O–H groups in total. The first kappa shape index (κ1) is 18.4. The number of anilines is 1. The summed E-state index contributed by atoms with van der Waals surface area (Å²) in [6.07, 6.45) is -0.843. The van der Waals surface area contributed by atoms with Gasteiger partial charge in [0.25, 0.3) is 5.91 Å². The van der Waals surface area contributed by atoms with Gasteiger partial charge in [0.15, 0.2) is 4.87 Å². The van der Waals surface area contributed by atoms with Crippen molar-refractivity contribution in [2.75, 3.05) is 4.90 Å². The molecule has 1 aliphatic heterocycles. The molecule has 0 aromatic heterocycles. The molecule has 0 fully saturated rings. The Morgan fingerprint density at radius 1 is 1.15 bits per heavy atom. The third-order valence-corrected chi connectivity index (χ3v) is 4.68. The topological polar surface area (TPSA) is 46.6 Å². The highest BCUT2D eigenvalue weighted by atomic mass is 35.5. The van der Waals surface area contributed by atoms with E-state index < -0.39 is 28.3 Å². The molecule has 2 amide bonds. The van der Waals surface area contributed by atoms with Gasteiger partial charge in [-0.2, -0.15) is 0 Å². The molecule has 1 atom stereocenters. The summed E-state index contributed by atoms with van der Waals surface area (Å²) < 4.78 is 19.2. The molecular formula is C20H19ClFNO3. The Morgan fingerprint density at radius 3 is 2.35 bits per heavy atom. The maximum absolute atomic E-state index is 13.9.